The van der Waals surface area contributed by atoms with E-state index in [2.05, 4.69) is 24.8 Å². The van der Waals surface area contributed by atoms with E-state index in [4.69, 9.17) is 4.42 Å². The van der Waals surface area contributed by atoms with Crippen molar-refractivity contribution in [2.24, 2.45) is 0 Å². The maximum absolute atomic E-state index is 5.37. The minimum atomic E-state index is 0.997. The lowest BCUT2D eigenvalue weighted by Crippen LogP contribution is -1.85. The van der Waals surface area contributed by atoms with Crippen molar-refractivity contribution in [1.82, 2.24) is 0 Å². The van der Waals surface area contributed by atoms with Crippen molar-refractivity contribution in [1.29, 1.82) is 0 Å². The zero-order chi connectivity index (χ0) is 10.5. The second-order valence-corrected chi connectivity index (χ2v) is 3.78. The summed E-state index contributed by atoms with van der Waals surface area (Å²) in [7, 11) is 0. The molecular formula is C14H16O. The van der Waals surface area contributed by atoms with Crippen LogP contribution in [0.2, 0.25) is 0 Å². The highest BCUT2D eigenvalue weighted by Crippen LogP contribution is 2.21. The Morgan fingerprint density at radius 3 is 3.00 bits per heavy atom. The Morgan fingerprint density at radius 1 is 1.20 bits per heavy atom. The van der Waals surface area contributed by atoms with Gasteiger partial charge < -0.3 is 4.42 Å². The van der Waals surface area contributed by atoms with E-state index in [1.54, 1.807) is 6.26 Å². The molecule has 1 heterocycles. The summed E-state index contributed by atoms with van der Waals surface area (Å²) in [6.45, 7) is 3.73. The van der Waals surface area contributed by atoms with E-state index in [1.807, 2.05) is 12.1 Å². The van der Waals surface area contributed by atoms with Crippen LogP contribution in [0.4, 0.5) is 0 Å². The molecule has 0 saturated carbocycles. The van der Waals surface area contributed by atoms with Gasteiger partial charge in [-0.25, -0.2) is 0 Å². The number of benzene rings is 1. The van der Waals surface area contributed by atoms with Crippen LogP contribution in [0.3, 0.4) is 0 Å². The Bertz CT molecular complexity index is 439. The molecule has 1 aromatic carbocycles. The number of hydrogen-bond acceptors (Lipinski definition) is 1. The van der Waals surface area contributed by atoms with Gasteiger partial charge in [0.25, 0.3) is 0 Å². The highest BCUT2D eigenvalue weighted by atomic mass is 16.3. The van der Waals surface area contributed by atoms with Gasteiger partial charge in [0.15, 0.2) is 0 Å². The van der Waals surface area contributed by atoms with Gasteiger partial charge >= 0.3 is 0 Å². The lowest BCUT2D eigenvalue weighted by Gasteiger charge is -2.01. The molecule has 0 saturated heterocycles. The molecule has 0 spiro atoms. The first-order valence-corrected chi connectivity index (χ1v) is 5.48. The SMILES string of the molecule is C=CCCCCc1cccc2occc12. The fourth-order valence-electron chi connectivity index (χ4n) is 1.88. The molecule has 0 unspecified atom stereocenters. The summed E-state index contributed by atoms with van der Waals surface area (Å²) in [5.41, 5.74) is 2.39. The molecule has 0 aliphatic heterocycles. The van der Waals surface area contributed by atoms with Crippen LogP contribution in [0.15, 0.2) is 47.6 Å². The van der Waals surface area contributed by atoms with Crippen LogP contribution in [0.5, 0.6) is 0 Å². The van der Waals surface area contributed by atoms with Crippen LogP contribution >= 0.6 is 0 Å². The molecule has 1 nitrogen and oxygen atoms in total. The Kier molecular flexibility index (Phi) is 3.23. The molecule has 0 fully saturated rings. The summed E-state index contributed by atoms with van der Waals surface area (Å²) in [5, 5.41) is 1.26. The van der Waals surface area contributed by atoms with E-state index in [0.717, 1.165) is 18.4 Å². The van der Waals surface area contributed by atoms with Crippen LogP contribution in [0.25, 0.3) is 11.0 Å². The summed E-state index contributed by atoms with van der Waals surface area (Å²) in [6, 6.07) is 8.32. The molecular weight excluding hydrogens is 184 g/mol. The third-order valence-electron chi connectivity index (χ3n) is 2.69. The highest BCUT2D eigenvalue weighted by Gasteiger charge is 2.02. The quantitative estimate of drug-likeness (QED) is 0.517. The van der Waals surface area contributed by atoms with E-state index in [-0.39, 0.29) is 0 Å². The van der Waals surface area contributed by atoms with Crippen molar-refractivity contribution in [2.45, 2.75) is 25.7 Å². The van der Waals surface area contributed by atoms with Gasteiger partial charge in [-0.15, -0.1) is 6.58 Å². The average molecular weight is 200 g/mol. The number of hydrogen-bond donors (Lipinski definition) is 0. The van der Waals surface area contributed by atoms with E-state index in [1.165, 1.54) is 23.8 Å². The van der Waals surface area contributed by atoms with E-state index >= 15 is 0 Å². The molecule has 0 radical (unpaired) electrons. The number of fused-ring (bicyclic) bond motifs is 1. The van der Waals surface area contributed by atoms with Crippen LogP contribution in [-0.4, -0.2) is 0 Å². The Morgan fingerprint density at radius 2 is 2.13 bits per heavy atom. The van der Waals surface area contributed by atoms with Crippen LogP contribution in [0, 0.1) is 0 Å². The number of unbranched alkanes of at least 4 members (excludes halogenated alkanes) is 2. The monoisotopic (exact) mass is 200 g/mol. The Balaban J connectivity index is 2.07. The minimum absolute atomic E-state index is 0.997. The maximum atomic E-state index is 5.37. The summed E-state index contributed by atoms with van der Waals surface area (Å²) in [5.74, 6) is 0. The standard InChI is InChI=1S/C14H16O/c1-2-3-4-5-7-12-8-6-9-14-13(12)10-11-15-14/h2,6,8-11H,1,3-5,7H2. The normalized spacial score (nSPS) is 10.7. The molecule has 15 heavy (non-hydrogen) atoms. The molecule has 1 heteroatoms. The van der Waals surface area contributed by atoms with Crippen molar-refractivity contribution >= 4 is 11.0 Å². The third-order valence-corrected chi connectivity index (χ3v) is 2.69. The van der Waals surface area contributed by atoms with E-state index in [9.17, 15) is 0 Å². The second-order valence-electron chi connectivity index (χ2n) is 3.78. The van der Waals surface area contributed by atoms with Crippen molar-refractivity contribution in [3.63, 3.8) is 0 Å². The third kappa shape index (κ3) is 2.30. The molecule has 2 aromatic rings. The first-order chi connectivity index (χ1) is 7.42. The van der Waals surface area contributed by atoms with Gasteiger partial charge in [-0.3, -0.25) is 0 Å². The highest BCUT2D eigenvalue weighted by molar-refractivity contribution is 5.80. The summed E-state index contributed by atoms with van der Waals surface area (Å²) >= 11 is 0. The Hall–Kier alpha value is -1.50. The van der Waals surface area contributed by atoms with Gasteiger partial charge in [-0.2, -0.15) is 0 Å². The van der Waals surface area contributed by atoms with E-state index < -0.39 is 0 Å². The van der Waals surface area contributed by atoms with E-state index in [0.29, 0.717) is 0 Å². The van der Waals surface area contributed by atoms with Gasteiger partial charge in [-0.1, -0.05) is 18.2 Å². The molecule has 0 bridgehead atoms. The summed E-state index contributed by atoms with van der Waals surface area (Å²) in [4.78, 5) is 0. The first-order valence-electron chi connectivity index (χ1n) is 5.48. The van der Waals surface area contributed by atoms with Gasteiger partial charge in [0, 0.05) is 5.39 Å². The fraction of sp³-hybridized carbons (Fsp3) is 0.286. The van der Waals surface area contributed by atoms with Crippen molar-refractivity contribution < 1.29 is 4.42 Å². The van der Waals surface area contributed by atoms with Crippen molar-refractivity contribution in [3.05, 3.63) is 48.7 Å². The number of allylic oxidation sites excluding steroid dienone is 1. The van der Waals surface area contributed by atoms with Crippen molar-refractivity contribution in [3.8, 4) is 0 Å². The average Bonchev–Trinajstić information content (AvgIpc) is 2.73. The molecule has 0 amide bonds. The first kappa shape index (κ1) is 10.0. The van der Waals surface area contributed by atoms with Crippen LogP contribution < -0.4 is 0 Å². The zero-order valence-corrected chi connectivity index (χ0v) is 8.91. The molecule has 0 aliphatic rings. The number of aryl methyl sites for hydroxylation is 1. The molecule has 78 valence electrons. The predicted octanol–water partition coefficient (Wildman–Crippen LogP) is 4.33. The van der Waals surface area contributed by atoms with Crippen LogP contribution in [-0.2, 0) is 6.42 Å². The van der Waals surface area contributed by atoms with Gasteiger partial charge in [0.1, 0.15) is 5.58 Å². The Labute approximate surface area is 90.4 Å². The summed E-state index contributed by atoms with van der Waals surface area (Å²) < 4.78 is 5.37. The molecule has 1 aromatic heterocycles. The van der Waals surface area contributed by atoms with Gasteiger partial charge in [0.05, 0.1) is 6.26 Å². The molecule has 2 rings (SSSR count). The fourth-order valence-corrected chi connectivity index (χ4v) is 1.88. The van der Waals surface area contributed by atoms with Gasteiger partial charge in [-0.05, 0) is 43.4 Å². The topological polar surface area (TPSA) is 13.1 Å². The smallest absolute Gasteiger partial charge is 0.134 e. The molecule has 0 atom stereocenters. The summed E-state index contributed by atoms with van der Waals surface area (Å²) in [6.07, 6.45) is 8.43. The van der Waals surface area contributed by atoms with Crippen molar-refractivity contribution in [2.75, 3.05) is 0 Å². The minimum Gasteiger partial charge on any atom is -0.464 e. The lowest BCUT2D eigenvalue weighted by molar-refractivity contribution is 0.615. The molecule has 0 aliphatic carbocycles. The zero-order valence-electron chi connectivity index (χ0n) is 8.91. The number of rotatable bonds is 5. The number of furan rings is 1. The lowest BCUT2D eigenvalue weighted by atomic mass is 10.0. The predicted molar refractivity (Wildman–Crippen MR) is 64.0 cm³/mol. The largest absolute Gasteiger partial charge is 0.464 e. The molecule has 0 N–H and O–H groups in total. The van der Waals surface area contributed by atoms with Gasteiger partial charge in [0.2, 0.25) is 0 Å². The van der Waals surface area contributed by atoms with Crippen LogP contribution in [0.1, 0.15) is 24.8 Å². The second kappa shape index (κ2) is 4.83. The maximum Gasteiger partial charge on any atom is 0.134 e.